The summed E-state index contributed by atoms with van der Waals surface area (Å²) in [7, 11) is 1.69. The Morgan fingerprint density at radius 3 is 2.94 bits per heavy atom. The molecule has 4 nitrogen and oxygen atoms in total. The highest BCUT2D eigenvalue weighted by atomic mass is 35.5. The summed E-state index contributed by atoms with van der Waals surface area (Å²) >= 11 is 0. The molecule has 1 atom stereocenters. The Morgan fingerprint density at radius 2 is 2.18 bits per heavy atom. The van der Waals surface area contributed by atoms with Crippen molar-refractivity contribution in [3.63, 3.8) is 0 Å². The van der Waals surface area contributed by atoms with Crippen LogP contribution in [0.5, 0.6) is 5.75 Å². The number of hydrogen-bond acceptors (Lipinski definition) is 4. The average Bonchev–Trinajstić information content (AvgIpc) is 2.57. The van der Waals surface area contributed by atoms with E-state index in [4.69, 9.17) is 4.74 Å². The standard InChI is InChI=1S/C11H17N3O.2ClH/c1-15-10-4-2-6-14-11(10)9-8-12-5-3-7-13-9;;/h2,4,6,9,12-13H,3,5,7-8H2,1H3;2*1H. The van der Waals surface area contributed by atoms with Crippen molar-refractivity contribution in [2.24, 2.45) is 0 Å². The Morgan fingerprint density at radius 1 is 1.35 bits per heavy atom. The first kappa shape index (κ1) is 16.4. The van der Waals surface area contributed by atoms with Crippen LogP contribution in [0.1, 0.15) is 18.2 Å². The Kier molecular flexibility index (Phi) is 8.25. The third kappa shape index (κ3) is 4.32. The van der Waals surface area contributed by atoms with Crippen LogP contribution in [0.3, 0.4) is 0 Å². The molecule has 1 saturated heterocycles. The van der Waals surface area contributed by atoms with Gasteiger partial charge in [-0.25, -0.2) is 0 Å². The van der Waals surface area contributed by atoms with Crippen LogP contribution in [0.15, 0.2) is 18.3 Å². The summed E-state index contributed by atoms with van der Waals surface area (Å²) in [6, 6.07) is 4.10. The van der Waals surface area contributed by atoms with E-state index in [1.807, 2.05) is 18.3 Å². The van der Waals surface area contributed by atoms with E-state index in [1.54, 1.807) is 7.11 Å². The molecular weight excluding hydrogens is 261 g/mol. The molecule has 2 rings (SSSR count). The molecule has 1 aliphatic rings. The second-order valence-electron chi connectivity index (χ2n) is 3.66. The van der Waals surface area contributed by atoms with Gasteiger partial charge in [0.05, 0.1) is 13.2 Å². The molecule has 6 heteroatoms. The first-order valence-corrected chi connectivity index (χ1v) is 5.35. The molecule has 0 spiro atoms. The molecule has 1 aliphatic heterocycles. The number of nitrogens with one attached hydrogen (secondary N) is 2. The molecule has 1 aromatic heterocycles. The zero-order chi connectivity index (χ0) is 10.5. The van der Waals surface area contributed by atoms with Crippen molar-refractivity contribution in [1.82, 2.24) is 15.6 Å². The molecule has 0 bridgehead atoms. The molecule has 0 saturated carbocycles. The average molecular weight is 280 g/mol. The van der Waals surface area contributed by atoms with Crippen molar-refractivity contribution in [2.75, 3.05) is 26.7 Å². The molecule has 1 fully saturated rings. The fourth-order valence-corrected chi connectivity index (χ4v) is 1.84. The van der Waals surface area contributed by atoms with Crippen LogP contribution in [0.4, 0.5) is 0 Å². The monoisotopic (exact) mass is 279 g/mol. The maximum absolute atomic E-state index is 5.31. The summed E-state index contributed by atoms with van der Waals surface area (Å²) < 4.78 is 5.31. The molecule has 1 unspecified atom stereocenters. The number of methoxy groups -OCH3 is 1. The highest BCUT2D eigenvalue weighted by Crippen LogP contribution is 2.22. The molecule has 0 radical (unpaired) electrons. The zero-order valence-electron chi connectivity index (χ0n) is 9.81. The van der Waals surface area contributed by atoms with Gasteiger partial charge in [0.1, 0.15) is 11.4 Å². The van der Waals surface area contributed by atoms with Crippen molar-refractivity contribution in [3.05, 3.63) is 24.0 Å². The van der Waals surface area contributed by atoms with Crippen LogP contribution in [-0.4, -0.2) is 31.7 Å². The van der Waals surface area contributed by atoms with Crippen molar-refractivity contribution < 1.29 is 4.74 Å². The van der Waals surface area contributed by atoms with Crippen LogP contribution >= 0.6 is 24.8 Å². The van der Waals surface area contributed by atoms with Crippen LogP contribution in [-0.2, 0) is 0 Å². The zero-order valence-corrected chi connectivity index (χ0v) is 11.4. The number of nitrogens with zero attached hydrogens (tertiary/aromatic N) is 1. The molecule has 98 valence electrons. The normalized spacial score (nSPS) is 19.5. The first-order chi connectivity index (χ1) is 7.42. The Bertz CT molecular complexity index is 317. The largest absolute Gasteiger partial charge is 0.495 e. The van der Waals surface area contributed by atoms with Gasteiger partial charge in [0.15, 0.2) is 0 Å². The maximum atomic E-state index is 5.31. The summed E-state index contributed by atoms with van der Waals surface area (Å²) in [6.45, 7) is 3.00. The molecule has 17 heavy (non-hydrogen) atoms. The Balaban J connectivity index is 0.00000128. The second kappa shape index (κ2) is 8.53. The van der Waals surface area contributed by atoms with Gasteiger partial charge >= 0.3 is 0 Å². The van der Waals surface area contributed by atoms with E-state index in [2.05, 4.69) is 15.6 Å². The highest BCUT2D eigenvalue weighted by molar-refractivity contribution is 5.85. The number of rotatable bonds is 2. The lowest BCUT2D eigenvalue weighted by atomic mass is 10.1. The van der Waals surface area contributed by atoms with Gasteiger partial charge in [0.25, 0.3) is 0 Å². The summed E-state index contributed by atoms with van der Waals surface area (Å²) in [4.78, 5) is 4.39. The number of halogens is 2. The minimum Gasteiger partial charge on any atom is -0.495 e. The SMILES string of the molecule is COc1cccnc1C1CNCCCN1.Cl.Cl. The summed E-state index contributed by atoms with van der Waals surface area (Å²) in [5, 5.41) is 6.86. The Labute approximate surface area is 114 Å². The first-order valence-electron chi connectivity index (χ1n) is 5.35. The third-order valence-electron chi connectivity index (χ3n) is 2.62. The minimum absolute atomic E-state index is 0. The van der Waals surface area contributed by atoms with E-state index in [1.165, 1.54) is 0 Å². The fraction of sp³-hybridized carbons (Fsp3) is 0.545. The molecule has 0 aromatic carbocycles. The number of pyridine rings is 1. The minimum atomic E-state index is 0. The lowest BCUT2D eigenvalue weighted by molar-refractivity contribution is 0.395. The van der Waals surface area contributed by atoms with Gasteiger partial charge in [-0.2, -0.15) is 0 Å². The smallest absolute Gasteiger partial charge is 0.142 e. The molecule has 0 aliphatic carbocycles. The summed E-state index contributed by atoms with van der Waals surface area (Å²) in [6.07, 6.45) is 2.97. The lowest BCUT2D eigenvalue weighted by Crippen LogP contribution is -2.28. The molecule has 1 aromatic rings. The van der Waals surface area contributed by atoms with Gasteiger partial charge in [-0.15, -0.1) is 24.8 Å². The molecule has 0 amide bonds. The van der Waals surface area contributed by atoms with E-state index >= 15 is 0 Å². The van der Waals surface area contributed by atoms with Gasteiger partial charge in [-0.3, -0.25) is 4.98 Å². The summed E-state index contributed by atoms with van der Waals surface area (Å²) in [5.74, 6) is 0.860. The van der Waals surface area contributed by atoms with Crippen LogP contribution < -0.4 is 15.4 Å². The van der Waals surface area contributed by atoms with Gasteiger partial charge in [-0.05, 0) is 31.6 Å². The van der Waals surface area contributed by atoms with Gasteiger partial charge in [-0.1, -0.05) is 0 Å². The lowest BCUT2D eigenvalue weighted by Gasteiger charge is -2.17. The van der Waals surface area contributed by atoms with Crippen molar-refractivity contribution >= 4 is 24.8 Å². The number of aromatic nitrogens is 1. The number of ether oxygens (including phenoxy) is 1. The quantitative estimate of drug-likeness (QED) is 0.863. The topological polar surface area (TPSA) is 46.2 Å². The second-order valence-corrected chi connectivity index (χ2v) is 3.66. The van der Waals surface area contributed by atoms with Gasteiger partial charge in [0, 0.05) is 12.7 Å². The van der Waals surface area contributed by atoms with Crippen molar-refractivity contribution in [3.8, 4) is 5.75 Å². The van der Waals surface area contributed by atoms with Crippen molar-refractivity contribution in [2.45, 2.75) is 12.5 Å². The fourth-order valence-electron chi connectivity index (χ4n) is 1.84. The predicted molar refractivity (Wildman–Crippen MR) is 73.5 cm³/mol. The van der Waals surface area contributed by atoms with Crippen molar-refractivity contribution in [1.29, 1.82) is 0 Å². The predicted octanol–water partition coefficient (Wildman–Crippen LogP) is 1.56. The van der Waals surface area contributed by atoms with Gasteiger partial charge in [0.2, 0.25) is 0 Å². The van der Waals surface area contributed by atoms with Crippen LogP contribution in [0, 0.1) is 0 Å². The number of hydrogen-bond donors (Lipinski definition) is 2. The maximum Gasteiger partial charge on any atom is 0.142 e. The van der Waals surface area contributed by atoms with E-state index < -0.39 is 0 Å². The van der Waals surface area contributed by atoms with Crippen LogP contribution in [0.25, 0.3) is 0 Å². The molecule has 2 N–H and O–H groups in total. The van der Waals surface area contributed by atoms with Gasteiger partial charge < -0.3 is 15.4 Å². The van der Waals surface area contributed by atoms with Crippen LogP contribution in [0.2, 0.25) is 0 Å². The molecule has 2 heterocycles. The van der Waals surface area contributed by atoms with E-state index in [0.29, 0.717) is 0 Å². The molecular formula is C11H19Cl2N3O. The third-order valence-corrected chi connectivity index (χ3v) is 2.62. The highest BCUT2D eigenvalue weighted by Gasteiger charge is 2.17. The van der Waals surface area contributed by atoms with E-state index in [0.717, 1.165) is 37.5 Å². The summed E-state index contributed by atoms with van der Waals surface area (Å²) in [5.41, 5.74) is 0.995. The Hall–Kier alpha value is -0.550. The van der Waals surface area contributed by atoms with E-state index in [9.17, 15) is 0 Å². The van der Waals surface area contributed by atoms with E-state index in [-0.39, 0.29) is 30.9 Å².